The second-order valence-electron chi connectivity index (χ2n) is 7.71. The number of benzene rings is 1. The molecule has 0 spiro atoms. The highest BCUT2D eigenvalue weighted by atomic mass is 16.2. The fourth-order valence-corrected chi connectivity index (χ4v) is 4.08. The third-order valence-electron chi connectivity index (χ3n) is 5.55. The second kappa shape index (κ2) is 8.51. The fourth-order valence-electron chi connectivity index (χ4n) is 4.08. The lowest BCUT2D eigenvalue weighted by molar-refractivity contribution is -0.132. The number of pyridine rings is 1. The van der Waals surface area contributed by atoms with Crippen molar-refractivity contribution in [2.45, 2.75) is 52.1 Å². The highest BCUT2D eigenvalue weighted by Crippen LogP contribution is 2.32. The molecule has 2 aromatic heterocycles. The summed E-state index contributed by atoms with van der Waals surface area (Å²) in [5.74, 6) is 0.131. The van der Waals surface area contributed by atoms with Crippen LogP contribution in [0.5, 0.6) is 0 Å². The highest BCUT2D eigenvalue weighted by molar-refractivity contribution is 5.77. The Bertz CT molecular complexity index is 985. The van der Waals surface area contributed by atoms with E-state index in [0.29, 0.717) is 13.0 Å². The molecule has 0 radical (unpaired) electrons. The van der Waals surface area contributed by atoms with Gasteiger partial charge in [-0.15, -0.1) is 5.10 Å². The number of likely N-dealkylation sites (tertiary alicyclic amines) is 1. The Morgan fingerprint density at radius 3 is 2.86 bits per heavy atom. The summed E-state index contributed by atoms with van der Waals surface area (Å²) in [5, 5.41) is 11.1. The second-order valence-corrected chi connectivity index (χ2v) is 7.71. The average molecular weight is 390 g/mol. The summed E-state index contributed by atoms with van der Waals surface area (Å²) >= 11 is 0. The lowest BCUT2D eigenvalue weighted by Crippen LogP contribution is -2.31. The number of hydrogen-bond donors (Lipinski definition) is 0. The van der Waals surface area contributed by atoms with Gasteiger partial charge in [0.2, 0.25) is 5.91 Å². The molecule has 0 bridgehead atoms. The Kier molecular flexibility index (Phi) is 5.64. The van der Waals surface area contributed by atoms with Gasteiger partial charge in [-0.1, -0.05) is 24.3 Å². The highest BCUT2D eigenvalue weighted by Gasteiger charge is 2.31. The zero-order valence-corrected chi connectivity index (χ0v) is 17.0. The van der Waals surface area contributed by atoms with Crippen LogP contribution >= 0.6 is 0 Å². The van der Waals surface area contributed by atoms with E-state index < -0.39 is 0 Å². The first kappa shape index (κ1) is 19.2. The van der Waals surface area contributed by atoms with Crippen LogP contribution in [-0.2, 0) is 17.8 Å². The number of hydrogen-bond acceptors (Lipinski definition) is 5. The summed E-state index contributed by atoms with van der Waals surface area (Å²) in [6.45, 7) is 5.45. The van der Waals surface area contributed by atoms with E-state index in [2.05, 4.69) is 58.8 Å². The Labute approximate surface area is 170 Å². The van der Waals surface area contributed by atoms with E-state index in [1.165, 1.54) is 23.0 Å². The molecule has 3 aromatic rings. The maximum absolute atomic E-state index is 12.8. The van der Waals surface area contributed by atoms with Gasteiger partial charge in [-0.2, -0.15) is 0 Å². The summed E-state index contributed by atoms with van der Waals surface area (Å²) in [6, 6.07) is 12.8. The zero-order valence-electron chi connectivity index (χ0n) is 17.0. The summed E-state index contributed by atoms with van der Waals surface area (Å²) in [7, 11) is 0. The largest absolute Gasteiger partial charge is 0.334 e. The van der Waals surface area contributed by atoms with E-state index in [1.54, 1.807) is 4.68 Å². The molecule has 0 aliphatic carbocycles. The maximum Gasteiger partial charge on any atom is 0.225 e. The molecule has 1 saturated heterocycles. The van der Waals surface area contributed by atoms with Gasteiger partial charge in [0.1, 0.15) is 6.33 Å². The topological polar surface area (TPSA) is 76.8 Å². The van der Waals surface area contributed by atoms with Crippen molar-refractivity contribution < 1.29 is 4.79 Å². The Hall–Kier alpha value is -3.09. The van der Waals surface area contributed by atoms with Gasteiger partial charge < -0.3 is 4.90 Å². The predicted octanol–water partition coefficient (Wildman–Crippen LogP) is 3.03. The van der Waals surface area contributed by atoms with Crippen LogP contribution in [-0.4, -0.2) is 42.5 Å². The molecule has 7 heteroatoms. The summed E-state index contributed by atoms with van der Waals surface area (Å²) in [4.78, 5) is 19.6. The number of aryl methyl sites for hydroxylation is 3. The molecular formula is C22H26N6O. The van der Waals surface area contributed by atoms with E-state index in [9.17, 15) is 4.79 Å². The average Bonchev–Trinajstić information content (AvgIpc) is 3.39. The zero-order chi connectivity index (χ0) is 20.2. The molecule has 1 amide bonds. The van der Waals surface area contributed by atoms with Crippen molar-refractivity contribution in [2.75, 3.05) is 6.54 Å². The van der Waals surface area contributed by atoms with Crippen molar-refractivity contribution in [3.8, 4) is 0 Å². The van der Waals surface area contributed by atoms with E-state index >= 15 is 0 Å². The molecule has 3 heterocycles. The molecule has 0 N–H and O–H groups in total. The minimum absolute atomic E-state index is 0.0480. The Morgan fingerprint density at radius 1 is 1.21 bits per heavy atom. The third kappa shape index (κ3) is 4.50. The quantitative estimate of drug-likeness (QED) is 0.647. The first-order valence-corrected chi connectivity index (χ1v) is 10.1. The minimum atomic E-state index is 0.0480. The number of rotatable bonds is 6. The number of aromatic nitrogens is 5. The minimum Gasteiger partial charge on any atom is -0.334 e. The number of nitrogens with zero attached hydrogens (tertiary/aromatic N) is 6. The van der Waals surface area contributed by atoms with E-state index in [-0.39, 0.29) is 11.9 Å². The van der Waals surface area contributed by atoms with Crippen molar-refractivity contribution in [1.29, 1.82) is 0 Å². The van der Waals surface area contributed by atoms with Gasteiger partial charge in [-0.3, -0.25) is 9.78 Å². The normalized spacial score (nSPS) is 16.3. The number of amides is 1. The molecule has 7 nitrogen and oxygen atoms in total. The molecule has 1 fully saturated rings. The van der Waals surface area contributed by atoms with Crippen LogP contribution in [0, 0.1) is 13.8 Å². The van der Waals surface area contributed by atoms with Gasteiger partial charge in [0, 0.05) is 18.7 Å². The van der Waals surface area contributed by atoms with Gasteiger partial charge in [0.25, 0.3) is 0 Å². The summed E-state index contributed by atoms with van der Waals surface area (Å²) in [5.41, 5.74) is 5.87. The van der Waals surface area contributed by atoms with E-state index in [4.69, 9.17) is 4.98 Å². The first-order chi connectivity index (χ1) is 14.1. The van der Waals surface area contributed by atoms with Crippen molar-refractivity contribution in [3.63, 3.8) is 0 Å². The number of carbonyl (C=O) groups is 1. The van der Waals surface area contributed by atoms with Crippen LogP contribution in [0.4, 0.5) is 0 Å². The molecule has 1 atom stereocenters. The van der Waals surface area contributed by atoms with Gasteiger partial charge >= 0.3 is 0 Å². The van der Waals surface area contributed by atoms with Crippen LogP contribution in [0.1, 0.15) is 53.4 Å². The van der Waals surface area contributed by atoms with Gasteiger partial charge in [-0.05, 0) is 72.4 Å². The Morgan fingerprint density at radius 2 is 2.07 bits per heavy atom. The summed E-state index contributed by atoms with van der Waals surface area (Å²) in [6.07, 6.45) is 4.77. The molecule has 1 aliphatic heterocycles. The monoisotopic (exact) mass is 390 g/mol. The van der Waals surface area contributed by atoms with Crippen LogP contribution < -0.4 is 0 Å². The number of carbonyl (C=O) groups excluding carboxylic acids is 1. The van der Waals surface area contributed by atoms with Crippen molar-refractivity contribution >= 4 is 5.91 Å². The molecule has 1 aliphatic rings. The van der Waals surface area contributed by atoms with Crippen LogP contribution in [0.15, 0.2) is 42.7 Å². The van der Waals surface area contributed by atoms with Crippen LogP contribution in [0.3, 0.4) is 0 Å². The molecule has 29 heavy (non-hydrogen) atoms. The third-order valence-corrected chi connectivity index (χ3v) is 5.55. The SMILES string of the molecule is Cc1cc(Cc2ccccc2C)cc([C@@H]2CCCN2C(=O)CCn2cnnn2)n1. The van der Waals surface area contributed by atoms with Gasteiger partial charge in [0.05, 0.1) is 18.3 Å². The molecule has 150 valence electrons. The predicted molar refractivity (Wildman–Crippen MR) is 109 cm³/mol. The maximum atomic E-state index is 12.8. The number of tetrazole rings is 1. The lowest BCUT2D eigenvalue weighted by atomic mass is 9.98. The van der Waals surface area contributed by atoms with Gasteiger partial charge in [0.15, 0.2) is 0 Å². The summed E-state index contributed by atoms with van der Waals surface area (Å²) < 4.78 is 1.59. The molecule has 4 rings (SSSR count). The Balaban J connectivity index is 1.51. The van der Waals surface area contributed by atoms with Crippen molar-refractivity contribution in [2.24, 2.45) is 0 Å². The molecule has 0 unspecified atom stereocenters. The molecular weight excluding hydrogens is 364 g/mol. The molecule has 1 aromatic carbocycles. The first-order valence-electron chi connectivity index (χ1n) is 10.1. The van der Waals surface area contributed by atoms with Gasteiger partial charge in [-0.25, -0.2) is 4.68 Å². The lowest BCUT2D eigenvalue weighted by Gasteiger charge is -2.25. The fraction of sp³-hybridized carbons (Fsp3) is 0.409. The standard InChI is InChI=1S/C22H26N6O/c1-16-6-3-4-7-19(16)13-18-12-17(2)24-20(14-18)21-8-5-10-28(21)22(29)9-11-27-15-23-25-26-27/h3-4,6-7,12,14-15,21H,5,8-11,13H2,1-2H3/t21-/m0/s1. The van der Waals surface area contributed by atoms with Crippen LogP contribution in [0.2, 0.25) is 0 Å². The van der Waals surface area contributed by atoms with Crippen molar-refractivity contribution in [1.82, 2.24) is 30.1 Å². The van der Waals surface area contributed by atoms with Crippen LogP contribution in [0.25, 0.3) is 0 Å². The molecule has 0 saturated carbocycles. The van der Waals surface area contributed by atoms with E-state index in [0.717, 1.165) is 37.2 Å². The smallest absolute Gasteiger partial charge is 0.225 e. The van der Waals surface area contributed by atoms with E-state index in [1.807, 2.05) is 11.8 Å². The van der Waals surface area contributed by atoms with Crippen molar-refractivity contribution in [3.05, 3.63) is 70.8 Å².